The van der Waals surface area contributed by atoms with Gasteiger partial charge in [-0.2, -0.15) is 0 Å². The minimum atomic E-state index is -0.0174. The minimum absolute atomic E-state index is 0.0174. The fourth-order valence-corrected chi connectivity index (χ4v) is 3.19. The van der Waals surface area contributed by atoms with Crippen LogP contribution in [-0.2, 0) is 6.42 Å². The first kappa shape index (κ1) is 16.3. The second kappa shape index (κ2) is 7.79. The molecular formula is C17H25ClN2O. The van der Waals surface area contributed by atoms with Crippen molar-refractivity contribution in [1.29, 1.82) is 0 Å². The second-order valence-electron chi connectivity index (χ2n) is 6.20. The largest absolute Gasteiger partial charge is 0.349 e. The predicted octanol–water partition coefficient (Wildman–Crippen LogP) is 4.39. The molecule has 1 aromatic heterocycles. The molecule has 2 rings (SSSR count). The van der Waals surface area contributed by atoms with Gasteiger partial charge in [0, 0.05) is 17.3 Å². The van der Waals surface area contributed by atoms with E-state index in [4.69, 9.17) is 11.6 Å². The lowest BCUT2D eigenvalue weighted by Gasteiger charge is -2.16. The Morgan fingerprint density at radius 2 is 2.14 bits per heavy atom. The van der Waals surface area contributed by atoms with Crippen LogP contribution in [0.25, 0.3) is 0 Å². The Kier molecular flexibility index (Phi) is 6.04. The highest BCUT2D eigenvalue weighted by Crippen LogP contribution is 2.23. The zero-order valence-electron chi connectivity index (χ0n) is 13.0. The van der Waals surface area contributed by atoms with Crippen LogP contribution in [0.1, 0.15) is 68.4 Å². The van der Waals surface area contributed by atoms with Crippen LogP contribution in [0, 0.1) is 5.92 Å². The summed E-state index contributed by atoms with van der Waals surface area (Å²) in [5.41, 5.74) is 1.53. The number of halogens is 1. The lowest BCUT2D eigenvalue weighted by atomic mass is 10.0. The van der Waals surface area contributed by atoms with Crippen molar-refractivity contribution in [2.75, 3.05) is 0 Å². The quantitative estimate of drug-likeness (QED) is 0.662. The zero-order valence-corrected chi connectivity index (χ0v) is 13.7. The van der Waals surface area contributed by atoms with Crippen molar-refractivity contribution in [3.8, 4) is 0 Å². The van der Waals surface area contributed by atoms with E-state index in [1.165, 1.54) is 19.3 Å². The summed E-state index contributed by atoms with van der Waals surface area (Å²) in [6.07, 6.45) is 7.67. The molecule has 1 amide bonds. The van der Waals surface area contributed by atoms with Crippen LogP contribution in [0.4, 0.5) is 0 Å². The molecule has 1 aromatic rings. The van der Waals surface area contributed by atoms with Gasteiger partial charge in [-0.05, 0) is 43.7 Å². The Morgan fingerprint density at radius 3 is 2.90 bits per heavy atom. The summed E-state index contributed by atoms with van der Waals surface area (Å²) >= 11 is 6.03. The van der Waals surface area contributed by atoms with Crippen LogP contribution < -0.4 is 5.32 Å². The van der Waals surface area contributed by atoms with E-state index >= 15 is 0 Å². The van der Waals surface area contributed by atoms with Gasteiger partial charge in [-0.25, -0.2) is 4.98 Å². The van der Waals surface area contributed by atoms with E-state index in [-0.39, 0.29) is 5.91 Å². The third-order valence-corrected chi connectivity index (χ3v) is 4.40. The van der Waals surface area contributed by atoms with Crippen LogP contribution in [0.5, 0.6) is 0 Å². The molecular weight excluding hydrogens is 284 g/mol. The molecule has 1 saturated carbocycles. The van der Waals surface area contributed by atoms with Crippen molar-refractivity contribution in [2.45, 2.75) is 64.8 Å². The van der Waals surface area contributed by atoms with Crippen molar-refractivity contribution >= 4 is 17.5 Å². The molecule has 0 radical (unpaired) electrons. The van der Waals surface area contributed by atoms with E-state index in [1.54, 1.807) is 6.07 Å². The van der Waals surface area contributed by atoms with Crippen LogP contribution >= 0.6 is 11.6 Å². The Hall–Kier alpha value is -1.09. The molecule has 2 atom stereocenters. The maximum atomic E-state index is 12.4. The zero-order chi connectivity index (χ0) is 15.2. The van der Waals surface area contributed by atoms with Crippen molar-refractivity contribution in [3.05, 3.63) is 28.5 Å². The first-order chi connectivity index (χ1) is 10.1. The number of carbonyl (C=O) groups excluding carboxylic acids is 1. The smallest absolute Gasteiger partial charge is 0.251 e. The Morgan fingerprint density at radius 1 is 1.33 bits per heavy atom. The van der Waals surface area contributed by atoms with Gasteiger partial charge in [-0.3, -0.25) is 4.79 Å². The van der Waals surface area contributed by atoms with E-state index < -0.39 is 0 Å². The summed E-state index contributed by atoms with van der Waals surface area (Å²) in [6, 6.07) is 3.82. The molecule has 116 valence electrons. The van der Waals surface area contributed by atoms with Gasteiger partial charge in [0.1, 0.15) is 5.15 Å². The summed E-state index contributed by atoms with van der Waals surface area (Å²) in [4.78, 5) is 16.7. The van der Waals surface area contributed by atoms with Crippen molar-refractivity contribution < 1.29 is 4.79 Å². The average Bonchev–Trinajstić information content (AvgIpc) is 2.63. The standard InChI is InChI=1S/C17H25ClN2O/c1-3-5-15-10-13(11-16(18)19-15)17(21)20-14-7-4-6-12(2)8-9-14/h10-12,14H,3-9H2,1-2H3,(H,20,21). The molecule has 1 N–H and O–H groups in total. The molecule has 1 heterocycles. The van der Waals surface area contributed by atoms with Crippen molar-refractivity contribution in [2.24, 2.45) is 5.92 Å². The van der Waals surface area contributed by atoms with Gasteiger partial charge in [0.2, 0.25) is 0 Å². The van der Waals surface area contributed by atoms with Gasteiger partial charge in [0.25, 0.3) is 5.91 Å². The van der Waals surface area contributed by atoms with E-state index in [0.717, 1.165) is 37.3 Å². The predicted molar refractivity (Wildman–Crippen MR) is 86.7 cm³/mol. The SMILES string of the molecule is CCCc1cc(C(=O)NC2CCCC(C)CC2)cc(Cl)n1. The van der Waals surface area contributed by atoms with Crippen LogP contribution in [0.3, 0.4) is 0 Å². The molecule has 3 nitrogen and oxygen atoms in total. The van der Waals surface area contributed by atoms with Gasteiger partial charge in [0.15, 0.2) is 0 Å². The number of hydrogen-bond donors (Lipinski definition) is 1. The molecule has 1 aliphatic rings. The monoisotopic (exact) mass is 308 g/mol. The fraction of sp³-hybridized carbons (Fsp3) is 0.647. The number of amides is 1. The van der Waals surface area contributed by atoms with Crippen LogP contribution in [0.2, 0.25) is 5.15 Å². The summed E-state index contributed by atoms with van der Waals surface area (Å²) in [7, 11) is 0. The molecule has 21 heavy (non-hydrogen) atoms. The van der Waals surface area contributed by atoms with Gasteiger partial charge in [0.05, 0.1) is 0 Å². The van der Waals surface area contributed by atoms with Gasteiger partial charge in [-0.15, -0.1) is 0 Å². The van der Waals surface area contributed by atoms with Crippen LogP contribution in [-0.4, -0.2) is 16.9 Å². The highest BCUT2D eigenvalue weighted by Gasteiger charge is 2.19. The fourth-order valence-electron chi connectivity index (χ4n) is 2.97. The molecule has 0 bridgehead atoms. The molecule has 1 aliphatic carbocycles. The Labute approximate surface area is 132 Å². The summed E-state index contributed by atoms with van der Waals surface area (Å²) in [5, 5.41) is 3.57. The van der Waals surface area contributed by atoms with Gasteiger partial charge < -0.3 is 5.32 Å². The molecule has 0 saturated heterocycles. The Bertz CT molecular complexity index is 490. The molecule has 0 aromatic carbocycles. The maximum Gasteiger partial charge on any atom is 0.251 e. The van der Waals surface area contributed by atoms with E-state index in [2.05, 4.69) is 24.1 Å². The van der Waals surface area contributed by atoms with E-state index in [0.29, 0.717) is 16.8 Å². The molecule has 2 unspecified atom stereocenters. The normalized spacial score (nSPS) is 22.6. The number of nitrogens with zero attached hydrogens (tertiary/aromatic N) is 1. The number of aryl methyl sites for hydroxylation is 1. The molecule has 0 spiro atoms. The third-order valence-electron chi connectivity index (χ3n) is 4.21. The highest BCUT2D eigenvalue weighted by atomic mass is 35.5. The van der Waals surface area contributed by atoms with Crippen molar-refractivity contribution in [1.82, 2.24) is 10.3 Å². The first-order valence-corrected chi connectivity index (χ1v) is 8.43. The van der Waals surface area contributed by atoms with E-state index in [9.17, 15) is 4.79 Å². The Balaban J connectivity index is 2.02. The van der Waals surface area contributed by atoms with Crippen LogP contribution in [0.15, 0.2) is 12.1 Å². The lowest BCUT2D eigenvalue weighted by Crippen LogP contribution is -2.34. The van der Waals surface area contributed by atoms with Gasteiger partial charge >= 0.3 is 0 Å². The van der Waals surface area contributed by atoms with Crippen molar-refractivity contribution in [3.63, 3.8) is 0 Å². The number of carbonyl (C=O) groups is 1. The molecule has 0 aliphatic heterocycles. The highest BCUT2D eigenvalue weighted by molar-refractivity contribution is 6.29. The molecule has 4 heteroatoms. The number of hydrogen-bond acceptors (Lipinski definition) is 2. The topological polar surface area (TPSA) is 42.0 Å². The second-order valence-corrected chi connectivity index (χ2v) is 6.59. The average molecular weight is 309 g/mol. The minimum Gasteiger partial charge on any atom is -0.349 e. The summed E-state index contributed by atoms with van der Waals surface area (Å²) in [6.45, 7) is 4.39. The molecule has 1 fully saturated rings. The third kappa shape index (κ3) is 4.99. The lowest BCUT2D eigenvalue weighted by molar-refractivity contribution is 0.0933. The summed E-state index contributed by atoms with van der Waals surface area (Å²) in [5.74, 6) is 0.759. The number of aromatic nitrogens is 1. The van der Waals surface area contributed by atoms with E-state index in [1.807, 2.05) is 6.07 Å². The first-order valence-electron chi connectivity index (χ1n) is 8.05. The number of rotatable bonds is 4. The van der Waals surface area contributed by atoms with Gasteiger partial charge in [-0.1, -0.05) is 44.7 Å². The maximum absolute atomic E-state index is 12.4. The summed E-state index contributed by atoms with van der Waals surface area (Å²) < 4.78 is 0. The number of pyridine rings is 1. The number of nitrogens with one attached hydrogen (secondary N) is 1.